The van der Waals surface area contributed by atoms with Crippen molar-refractivity contribution in [3.05, 3.63) is 0 Å². The first-order valence-corrected chi connectivity index (χ1v) is 5.73. The van der Waals surface area contributed by atoms with E-state index in [2.05, 4.69) is 44.8 Å². The highest BCUT2D eigenvalue weighted by atomic mass is 16.1. The lowest BCUT2D eigenvalue weighted by atomic mass is 9.87. The number of aldehydes is 1. The van der Waals surface area contributed by atoms with Gasteiger partial charge in [-0.05, 0) is 27.6 Å². The number of hydrogen-bond acceptors (Lipinski definition) is 3. The zero-order valence-electron chi connectivity index (χ0n) is 10.9. The molecule has 0 aromatic heterocycles. The van der Waals surface area contributed by atoms with Crippen molar-refractivity contribution in [3.8, 4) is 0 Å². The Morgan fingerprint density at radius 2 is 1.80 bits per heavy atom. The number of hydrogen-bond donors (Lipinski definition) is 0. The molecule has 0 radical (unpaired) electrons. The second-order valence-corrected chi connectivity index (χ2v) is 5.06. The van der Waals surface area contributed by atoms with E-state index < -0.39 is 0 Å². The molecular formula is C12H26N2O. The summed E-state index contributed by atoms with van der Waals surface area (Å²) in [5.41, 5.74) is -0.171. The van der Waals surface area contributed by atoms with E-state index in [9.17, 15) is 4.79 Å². The molecule has 0 spiro atoms. The molecule has 0 saturated carbocycles. The topological polar surface area (TPSA) is 23.6 Å². The molecule has 0 aromatic rings. The first-order chi connectivity index (χ1) is 6.93. The summed E-state index contributed by atoms with van der Waals surface area (Å²) in [5, 5.41) is 0. The molecule has 0 saturated heterocycles. The van der Waals surface area contributed by atoms with E-state index >= 15 is 0 Å². The lowest BCUT2D eigenvalue weighted by Crippen LogP contribution is -2.38. The van der Waals surface area contributed by atoms with Crippen LogP contribution >= 0.6 is 0 Å². The molecule has 0 N–H and O–H groups in total. The highest BCUT2D eigenvalue weighted by Gasteiger charge is 2.24. The summed E-state index contributed by atoms with van der Waals surface area (Å²) in [6.45, 7) is 7.09. The van der Waals surface area contributed by atoms with Crippen LogP contribution in [0.5, 0.6) is 0 Å². The molecule has 0 aliphatic heterocycles. The maximum Gasteiger partial charge on any atom is 0.127 e. The van der Waals surface area contributed by atoms with Crippen LogP contribution in [0.15, 0.2) is 0 Å². The van der Waals surface area contributed by atoms with Crippen LogP contribution in [-0.4, -0.2) is 56.9 Å². The van der Waals surface area contributed by atoms with Crippen LogP contribution in [0.2, 0.25) is 0 Å². The summed E-state index contributed by atoms with van der Waals surface area (Å²) in [4.78, 5) is 15.5. The molecule has 15 heavy (non-hydrogen) atoms. The summed E-state index contributed by atoms with van der Waals surface area (Å²) in [7, 11) is 6.22. The molecule has 0 amide bonds. The Balaban J connectivity index is 4.00. The molecular weight excluding hydrogens is 188 g/mol. The smallest absolute Gasteiger partial charge is 0.127 e. The molecule has 1 atom stereocenters. The zero-order chi connectivity index (χ0) is 11.9. The number of carbonyl (C=O) groups is 1. The van der Waals surface area contributed by atoms with Gasteiger partial charge in [-0.15, -0.1) is 0 Å². The molecule has 0 heterocycles. The van der Waals surface area contributed by atoms with Crippen LogP contribution < -0.4 is 0 Å². The summed E-state index contributed by atoms with van der Waals surface area (Å²) < 4.78 is 0. The molecule has 0 bridgehead atoms. The summed E-state index contributed by atoms with van der Waals surface area (Å²) in [5.74, 6) is 0. The standard InChI is InChI=1S/C12H26N2O/c1-6-7-12(2,11-15)10-14(5)9-8-13(3)4/h11H,6-10H2,1-5H3. The van der Waals surface area contributed by atoms with Gasteiger partial charge in [-0.25, -0.2) is 0 Å². The predicted octanol–water partition coefficient (Wildman–Crippen LogP) is 1.49. The van der Waals surface area contributed by atoms with Crippen LogP contribution in [0.4, 0.5) is 0 Å². The first kappa shape index (κ1) is 14.6. The number of nitrogens with zero attached hydrogens (tertiary/aromatic N) is 2. The van der Waals surface area contributed by atoms with E-state index in [4.69, 9.17) is 0 Å². The van der Waals surface area contributed by atoms with Crippen LogP contribution in [0.25, 0.3) is 0 Å². The molecule has 3 nitrogen and oxygen atoms in total. The normalized spacial score (nSPS) is 15.7. The van der Waals surface area contributed by atoms with Gasteiger partial charge in [-0.1, -0.05) is 20.3 Å². The van der Waals surface area contributed by atoms with E-state index in [-0.39, 0.29) is 5.41 Å². The molecule has 0 aromatic carbocycles. The largest absolute Gasteiger partial charge is 0.308 e. The average Bonchev–Trinajstić information content (AvgIpc) is 2.15. The SMILES string of the molecule is CCCC(C)(C=O)CN(C)CCN(C)C. The fraction of sp³-hybridized carbons (Fsp3) is 0.917. The maximum atomic E-state index is 11.1. The Bertz CT molecular complexity index is 182. The van der Waals surface area contributed by atoms with E-state index in [1.54, 1.807) is 0 Å². The Kier molecular flexibility index (Phi) is 6.77. The highest BCUT2D eigenvalue weighted by Crippen LogP contribution is 2.21. The number of rotatable bonds is 8. The van der Waals surface area contributed by atoms with Crippen LogP contribution in [0.3, 0.4) is 0 Å². The van der Waals surface area contributed by atoms with Crippen molar-refractivity contribution in [1.82, 2.24) is 9.80 Å². The van der Waals surface area contributed by atoms with Crippen molar-refractivity contribution in [3.63, 3.8) is 0 Å². The lowest BCUT2D eigenvalue weighted by Gasteiger charge is -2.29. The molecule has 1 unspecified atom stereocenters. The highest BCUT2D eigenvalue weighted by molar-refractivity contribution is 5.58. The van der Waals surface area contributed by atoms with Gasteiger partial charge in [0.15, 0.2) is 0 Å². The minimum Gasteiger partial charge on any atom is -0.308 e. The van der Waals surface area contributed by atoms with E-state index in [0.717, 1.165) is 38.8 Å². The Hall–Kier alpha value is -0.410. The average molecular weight is 214 g/mol. The van der Waals surface area contributed by atoms with Crippen molar-refractivity contribution in [2.24, 2.45) is 5.41 Å². The van der Waals surface area contributed by atoms with Crippen molar-refractivity contribution < 1.29 is 4.79 Å². The second-order valence-electron chi connectivity index (χ2n) is 5.06. The van der Waals surface area contributed by atoms with Crippen LogP contribution in [0.1, 0.15) is 26.7 Å². The zero-order valence-corrected chi connectivity index (χ0v) is 10.9. The van der Waals surface area contributed by atoms with Crippen molar-refractivity contribution in [2.75, 3.05) is 40.8 Å². The van der Waals surface area contributed by atoms with Gasteiger partial charge in [0.05, 0.1) is 0 Å². The molecule has 0 fully saturated rings. The Labute approximate surface area is 94.4 Å². The van der Waals surface area contributed by atoms with Gasteiger partial charge in [0.1, 0.15) is 6.29 Å². The summed E-state index contributed by atoms with van der Waals surface area (Å²) in [6.07, 6.45) is 3.15. The lowest BCUT2D eigenvalue weighted by molar-refractivity contribution is -0.116. The van der Waals surface area contributed by atoms with Crippen molar-refractivity contribution >= 4 is 6.29 Å². The quantitative estimate of drug-likeness (QED) is 0.572. The van der Waals surface area contributed by atoms with Gasteiger partial charge in [-0.3, -0.25) is 0 Å². The molecule has 3 heteroatoms. The van der Waals surface area contributed by atoms with Gasteiger partial charge in [0.2, 0.25) is 0 Å². The van der Waals surface area contributed by atoms with Gasteiger partial charge >= 0.3 is 0 Å². The Morgan fingerprint density at radius 3 is 2.20 bits per heavy atom. The number of carbonyl (C=O) groups excluding carboxylic acids is 1. The third kappa shape index (κ3) is 6.63. The molecule has 0 aliphatic rings. The van der Waals surface area contributed by atoms with Gasteiger partial charge in [0.25, 0.3) is 0 Å². The fourth-order valence-electron chi connectivity index (χ4n) is 1.81. The number of likely N-dealkylation sites (N-methyl/N-ethyl adjacent to an activating group) is 2. The molecule has 0 rings (SSSR count). The summed E-state index contributed by atoms with van der Waals surface area (Å²) >= 11 is 0. The third-order valence-corrected chi connectivity index (χ3v) is 2.67. The van der Waals surface area contributed by atoms with Crippen molar-refractivity contribution in [2.45, 2.75) is 26.7 Å². The van der Waals surface area contributed by atoms with Crippen molar-refractivity contribution in [1.29, 1.82) is 0 Å². The van der Waals surface area contributed by atoms with Gasteiger partial charge < -0.3 is 14.6 Å². The third-order valence-electron chi connectivity index (χ3n) is 2.67. The fourth-order valence-corrected chi connectivity index (χ4v) is 1.81. The molecule has 0 aliphatic carbocycles. The molecule has 90 valence electrons. The van der Waals surface area contributed by atoms with Gasteiger partial charge in [-0.2, -0.15) is 0 Å². The second kappa shape index (κ2) is 6.96. The van der Waals surface area contributed by atoms with E-state index in [1.165, 1.54) is 0 Å². The monoisotopic (exact) mass is 214 g/mol. The van der Waals surface area contributed by atoms with Gasteiger partial charge in [0, 0.05) is 25.0 Å². The van der Waals surface area contributed by atoms with E-state index in [0.29, 0.717) is 0 Å². The maximum absolute atomic E-state index is 11.1. The minimum atomic E-state index is -0.171. The minimum absolute atomic E-state index is 0.171. The Morgan fingerprint density at radius 1 is 1.20 bits per heavy atom. The summed E-state index contributed by atoms with van der Waals surface area (Å²) in [6, 6.07) is 0. The van der Waals surface area contributed by atoms with Crippen LogP contribution in [-0.2, 0) is 4.79 Å². The first-order valence-electron chi connectivity index (χ1n) is 5.73. The van der Waals surface area contributed by atoms with E-state index in [1.807, 2.05) is 0 Å². The predicted molar refractivity (Wildman–Crippen MR) is 65.1 cm³/mol. The van der Waals surface area contributed by atoms with Crippen LogP contribution in [0, 0.1) is 5.41 Å².